The highest BCUT2D eigenvalue weighted by Gasteiger charge is 2.22. The predicted octanol–water partition coefficient (Wildman–Crippen LogP) is 0.519. The van der Waals surface area contributed by atoms with Crippen molar-refractivity contribution in [3.8, 4) is 5.75 Å². The number of benzene rings is 1. The number of rotatable bonds is 7. The lowest BCUT2D eigenvalue weighted by Gasteiger charge is -2.12. The molecule has 7 nitrogen and oxygen atoms in total. The number of hydrogen-bond donors (Lipinski definition) is 4. The first-order chi connectivity index (χ1) is 9.35. The fraction of sp³-hybridized carbons (Fsp3) is 0.250. The van der Waals surface area contributed by atoms with Crippen molar-refractivity contribution in [3.63, 3.8) is 0 Å². The number of ketones is 1. The third-order valence-corrected chi connectivity index (χ3v) is 2.56. The Bertz CT molecular complexity index is 545. The highest BCUT2D eigenvalue weighted by molar-refractivity contribution is 6.06. The van der Waals surface area contributed by atoms with Crippen molar-refractivity contribution < 1.29 is 34.2 Å². The SMILES string of the molecule is O=C(O)CC(=O)c1cc(O)ccc1C[C@H](NF)C(=O)O. The van der Waals surface area contributed by atoms with Crippen LogP contribution >= 0.6 is 0 Å². The van der Waals surface area contributed by atoms with Crippen LogP contribution in [0.3, 0.4) is 0 Å². The Labute approximate surface area is 112 Å². The molecule has 0 fully saturated rings. The van der Waals surface area contributed by atoms with E-state index in [0.29, 0.717) is 0 Å². The summed E-state index contributed by atoms with van der Waals surface area (Å²) in [4.78, 5) is 33.0. The minimum Gasteiger partial charge on any atom is -0.508 e. The molecule has 4 N–H and O–H groups in total. The molecule has 0 aliphatic carbocycles. The van der Waals surface area contributed by atoms with Crippen LogP contribution in [0.4, 0.5) is 4.48 Å². The normalized spacial score (nSPS) is 11.8. The summed E-state index contributed by atoms with van der Waals surface area (Å²) in [5.74, 6) is -3.89. The summed E-state index contributed by atoms with van der Waals surface area (Å²) < 4.78 is 12.4. The van der Waals surface area contributed by atoms with E-state index in [4.69, 9.17) is 10.2 Å². The Kier molecular flexibility index (Phi) is 5.15. The van der Waals surface area contributed by atoms with Gasteiger partial charge in [-0.15, -0.1) is 10.0 Å². The summed E-state index contributed by atoms with van der Waals surface area (Å²) >= 11 is 0. The second-order valence-corrected chi connectivity index (χ2v) is 4.04. The fourth-order valence-corrected chi connectivity index (χ4v) is 1.63. The number of carboxylic acids is 2. The molecule has 0 aliphatic heterocycles. The number of phenolic OH excluding ortho intramolecular Hbond substituents is 1. The van der Waals surface area contributed by atoms with Crippen molar-refractivity contribution >= 4 is 17.7 Å². The summed E-state index contributed by atoms with van der Waals surface area (Å²) in [5.41, 5.74) is 1.07. The second kappa shape index (κ2) is 6.62. The lowest BCUT2D eigenvalue weighted by molar-refractivity contribution is -0.141. The van der Waals surface area contributed by atoms with Gasteiger partial charge in [0.2, 0.25) is 0 Å². The third-order valence-electron chi connectivity index (χ3n) is 2.56. The van der Waals surface area contributed by atoms with Crippen molar-refractivity contribution in [1.82, 2.24) is 5.54 Å². The van der Waals surface area contributed by atoms with Crippen LogP contribution in [0.15, 0.2) is 18.2 Å². The minimum atomic E-state index is -1.57. The quantitative estimate of drug-likeness (QED) is 0.327. The molecule has 0 aromatic heterocycles. The van der Waals surface area contributed by atoms with Crippen LogP contribution in [0.25, 0.3) is 0 Å². The van der Waals surface area contributed by atoms with Crippen molar-refractivity contribution in [2.24, 2.45) is 0 Å². The molecule has 1 rings (SSSR count). The molecular formula is C12H12FNO6. The number of carboxylic acid groups (broad SMARTS) is 2. The topological polar surface area (TPSA) is 124 Å². The minimum absolute atomic E-state index is 0.131. The molecule has 0 spiro atoms. The Morgan fingerprint density at radius 1 is 1.25 bits per heavy atom. The smallest absolute Gasteiger partial charge is 0.323 e. The standard InChI is InChI=1S/C12H12FNO6/c13-14-9(12(19)20)3-6-1-2-7(15)4-8(6)10(16)5-11(17)18/h1-2,4,9,14-15H,3,5H2,(H,17,18)(H,19,20)/t9-/m0/s1. The van der Waals surface area contributed by atoms with Crippen LogP contribution in [0.1, 0.15) is 22.3 Å². The molecule has 0 heterocycles. The molecule has 1 atom stereocenters. The van der Waals surface area contributed by atoms with Gasteiger partial charge in [-0.05, 0) is 17.7 Å². The number of nitrogens with one attached hydrogen (secondary N) is 1. The van der Waals surface area contributed by atoms with Gasteiger partial charge >= 0.3 is 11.9 Å². The number of hydrogen-bond acceptors (Lipinski definition) is 5. The summed E-state index contributed by atoms with van der Waals surface area (Å²) in [6.45, 7) is 0. The van der Waals surface area contributed by atoms with Gasteiger partial charge in [0.25, 0.3) is 0 Å². The molecule has 0 radical (unpaired) electrons. The molecular weight excluding hydrogens is 273 g/mol. The lowest BCUT2D eigenvalue weighted by Crippen LogP contribution is -2.33. The highest BCUT2D eigenvalue weighted by atomic mass is 19.2. The van der Waals surface area contributed by atoms with Crippen LogP contribution in [0, 0.1) is 0 Å². The third kappa shape index (κ3) is 4.02. The molecule has 20 heavy (non-hydrogen) atoms. The van der Waals surface area contributed by atoms with Crippen molar-refractivity contribution in [3.05, 3.63) is 29.3 Å². The second-order valence-electron chi connectivity index (χ2n) is 4.04. The van der Waals surface area contributed by atoms with Crippen LogP contribution < -0.4 is 5.54 Å². The predicted molar refractivity (Wildman–Crippen MR) is 64.1 cm³/mol. The van der Waals surface area contributed by atoms with Gasteiger partial charge in [-0.25, -0.2) is 0 Å². The van der Waals surface area contributed by atoms with Crippen LogP contribution in [0.2, 0.25) is 0 Å². The summed E-state index contributed by atoms with van der Waals surface area (Å²) in [6, 6.07) is 1.90. The zero-order valence-corrected chi connectivity index (χ0v) is 10.2. The average molecular weight is 285 g/mol. The molecule has 0 bridgehead atoms. The van der Waals surface area contributed by atoms with Crippen LogP contribution in [-0.2, 0) is 16.0 Å². The Balaban J connectivity index is 3.10. The van der Waals surface area contributed by atoms with Gasteiger partial charge in [-0.3, -0.25) is 14.4 Å². The van der Waals surface area contributed by atoms with Gasteiger partial charge in [0.1, 0.15) is 18.2 Å². The first-order valence-corrected chi connectivity index (χ1v) is 5.51. The monoisotopic (exact) mass is 285 g/mol. The van der Waals surface area contributed by atoms with Crippen LogP contribution in [0.5, 0.6) is 5.75 Å². The average Bonchev–Trinajstić information content (AvgIpc) is 2.35. The first-order valence-electron chi connectivity index (χ1n) is 5.51. The molecule has 1 aromatic rings. The van der Waals surface area contributed by atoms with Crippen molar-refractivity contribution in [2.75, 3.05) is 0 Å². The van der Waals surface area contributed by atoms with Gasteiger partial charge in [-0.2, -0.15) is 0 Å². The maximum Gasteiger partial charge on any atom is 0.323 e. The number of halogens is 1. The summed E-state index contributed by atoms with van der Waals surface area (Å²) in [7, 11) is 0. The van der Waals surface area contributed by atoms with E-state index in [1.54, 1.807) is 0 Å². The lowest BCUT2D eigenvalue weighted by atomic mass is 9.96. The summed E-state index contributed by atoms with van der Waals surface area (Å²) in [5, 5.41) is 26.6. The number of carbonyl (C=O) groups is 3. The molecule has 0 saturated heterocycles. The maximum atomic E-state index is 12.4. The van der Waals surface area contributed by atoms with Gasteiger partial charge in [0.15, 0.2) is 5.78 Å². The van der Waals surface area contributed by atoms with Gasteiger partial charge in [0, 0.05) is 12.0 Å². The molecule has 0 aliphatic rings. The number of carbonyl (C=O) groups excluding carboxylic acids is 1. The number of aliphatic carboxylic acids is 2. The van der Waals surface area contributed by atoms with E-state index in [-0.39, 0.29) is 23.3 Å². The zero-order chi connectivity index (χ0) is 15.3. The Morgan fingerprint density at radius 3 is 2.40 bits per heavy atom. The van der Waals surface area contributed by atoms with E-state index >= 15 is 0 Å². The Morgan fingerprint density at radius 2 is 1.90 bits per heavy atom. The van der Waals surface area contributed by atoms with Crippen molar-refractivity contribution in [1.29, 1.82) is 0 Å². The molecule has 0 saturated carbocycles. The van der Waals surface area contributed by atoms with E-state index in [1.165, 1.54) is 12.1 Å². The maximum absolute atomic E-state index is 12.4. The van der Waals surface area contributed by atoms with Gasteiger partial charge in [-0.1, -0.05) is 6.07 Å². The van der Waals surface area contributed by atoms with E-state index in [9.17, 15) is 24.0 Å². The molecule has 1 aromatic carbocycles. The number of phenols is 1. The van der Waals surface area contributed by atoms with E-state index in [1.807, 2.05) is 0 Å². The fourth-order valence-electron chi connectivity index (χ4n) is 1.63. The molecule has 8 heteroatoms. The van der Waals surface area contributed by atoms with Crippen LogP contribution in [-0.4, -0.2) is 39.1 Å². The molecule has 0 unspecified atom stereocenters. The zero-order valence-electron chi connectivity index (χ0n) is 10.2. The van der Waals surface area contributed by atoms with E-state index in [0.717, 1.165) is 11.6 Å². The number of aromatic hydroxyl groups is 1. The summed E-state index contributed by atoms with van der Waals surface area (Å²) in [6.07, 6.45) is -1.18. The van der Waals surface area contributed by atoms with E-state index in [2.05, 4.69) is 0 Å². The molecule has 108 valence electrons. The van der Waals surface area contributed by atoms with Crippen molar-refractivity contribution in [2.45, 2.75) is 18.9 Å². The Hall–Kier alpha value is -2.48. The first kappa shape index (κ1) is 15.6. The largest absolute Gasteiger partial charge is 0.508 e. The van der Waals surface area contributed by atoms with E-state index < -0.39 is 30.2 Å². The number of Topliss-reactive ketones (excluding diaryl/α,β-unsaturated/α-hetero) is 1. The van der Waals surface area contributed by atoms with Gasteiger partial charge in [0.05, 0.1) is 0 Å². The highest BCUT2D eigenvalue weighted by Crippen LogP contribution is 2.20. The molecule has 0 amide bonds. The van der Waals surface area contributed by atoms with Gasteiger partial charge < -0.3 is 15.3 Å².